The third-order valence-corrected chi connectivity index (χ3v) is 4.12. The molecule has 1 aromatic rings. The highest BCUT2D eigenvalue weighted by atomic mass is 16.9. The molecule has 0 bridgehead atoms. The first-order chi connectivity index (χ1) is 13.9. The molecule has 8 nitrogen and oxygen atoms in total. The number of hydrogen-bond donors (Lipinski definition) is 1. The van der Waals surface area contributed by atoms with Crippen LogP contribution in [0.25, 0.3) is 0 Å². The zero-order valence-electron chi connectivity index (χ0n) is 18.1. The molecular weight excluding hydrogens is 376 g/mol. The van der Waals surface area contributed by atoms with Crippen molar-refractivity contribution in [3.63, 3.8) is 0 Å². The molecule has 0 aliphatic heterocycles. The van der Waals surface area contributed by atoms with Crippen molar-refractivity contribution in [3.8, 4) is 5.75 Å². The Labute approximate surface area is 174 Å². The van der Waals surface area contributed by atoms with Crippen LogP contribution in [0.1, 0.15) is 46.1 Å². The van der Waals surface area contributed by atoms with Crippen LogP contribution in [0.5, 0.6) is 5.75 Å². The molecule has 0 fully saturated rings. The fourth-order valence-electron chi connectivity index (χ4n) is 2.59. The largest absolute Gasteiger partial charge is 0.493 e. The summed E-state index contributed by atoms with van der Waals surface area (Å²) in [6.45, 7) is 11.3. The number of nitrogens with one attached hydrogen (secondary N) is 1. The average molecular weight is 413 g/mol. The lowest BCUT2D eigenvalue weighted by Crippen LogP contribution is -2.32. The quantitative estimate of drug-likeness (QED) is 0.237. The molecule has 0 radical (unpaired) electrons. The molecule has 1 unspecified atom stereocenters. The van der Waals surface area contributed by atoms with Crippen LogP contribution >= 0.6 is 0 Å². The standard InChI is InChI=1S/C21H36N2O6/c1-17(2)22-14-20(6-5-11-29-23(24)25)16-28-21-9-7-19(8-10-21)15-26-12-13-27-18(3)4/h7-10,17-18,20,22H,5-6,11-16H2,1-4H3. The fraction of sp³-hybridized carbons (Fsp3) is 0.714. The molecule has 0 saturated carbocycles. The summed E-state index contributed by atoms with van der Waals surface area (Å²) < 4.78 is 17.0. The van der Waals surface area contributed by atoms with E-state index in [1.54, 1.807) is 0 Å². The van der Waals surface area contributed by atoms with Crippen LogP contribution in [0.15, 0.2) is 24.3 Å². The normalized spacial score (nSPS) is 12.3. The predicted molar refractivity (Wildman–Crippen MR) is 111 cm³/mol. The van der Waals surface area contributed by atoms with Crippen LogP contribution in [-0.2, 0) is 20.9 Å². The first-order valence-electron chi connectivity index (χ1n) is 10.3. The van der Waals surface area contributed by atoms with E-state index in [1.807, 2.05) is 38.1 Å². The Hall–Kier alpha value is -1.90. The minimum Gasteiger partial charge on any atom is -0.493 e. The van der Waals surface area contributed by atoms with Gasteiger partial charge in [0.1, 0.15) is 5.75 Å². The van der Waals surface area contributed by atoms with Crippen molar-refractivity contribution < 1.29 is 24.1 Å². The zero-order valence-corrected chi connectivity index (χ0v) is 18.1. The Morgan fingerprint density at radius 2 is 1.79 bits per heavy atom. The number of benzene rings is 1. The second kappa shape index (κ2) is 15.0. The molecule has 29 heavy (non-hydrogen) atoms. The summed E-state index contributed by atoms with van der Waals surface area (Å²) in [6, 6.07) is 8.23. The molecule has 1 aromatic carbocycles. The topological polar surface area (TPSA) is 92.1 Å². The van der Waals surface area contributed by atoms with E-state index in [0.29, 0.717) is 38.9 Å². The maximum Gasteiger partial charge on any atom is 0.294 e. The second-order valence-electron chi connectivity index (χ2n) is 7.56. The molecule has 1 rings (SSSR count). The lowest BCUT2D eigenvalue weighted by atomic mass is 10.0. The summed E-state index contributed by atoms with van der Waals surface area (Å²) in [4.78, 5) is 14.6. The lowest BCUT2D eigenvalue weighted by Gasteiger charge is -2.20. The van der Waals surface area contributed by atoms with E-state index in [-0.39, 0.29) is 18.6 Å². The minimum absolute atomic E-state index is 0.113. The summed E-state index contributed by atoms with van der Waals surface area (Å²) >= 11 is 0. The first kappa shape index (κ1) is 25.1. The van der Waals surface area contributed by atoms with Gasteiger partial charge in [-0.05, 0) is 44.4 Å². The Kier molecular flexibility index (Phi) is 13.0. The summed E-state index contributed by atoms with van der Waals surface area (Å²) in [5, 5.41) is 12.9. The molecule has 0 aromatic heterocycles. The summed E-state index contributed by atoms with van der Waals surface area (Å²) in [7, 11) is 0. The zero-order chi connectivity index (χ0) is 21.5. The molecule has 166 valence electrons. The molecule has 8 heteroatoms. The Balaban J connectivity index is 2.36. The molecule has 1 atom stereocenters. The van der Waals surface area contributed by atoms with Crippen LogP contribution in [-0.4, -0.2) is 50.2 Å². The van der Waals surface area contributed by atoms with Gasteiger partial charge in [-0.15, -0.1) is 10.1 Å². The van der Waals surface area contributed by atoms with Gasteiger partial charge in [-0.2, -0.15) is 0 Å². The molecule has 0 amide bonds. The third-order valence-electron chi connectivity index (χ3n) is 4.12. The third kappa shape index (κ3) is 13.8. The van der Waals surface area contributed by atoms with Crippen molar-refractivity contribution in [2.24, 2.45) is 5.92 Å². The average Bonchev–Trinajstić information content (AvgIpc) is 2.66. The van der Waals surface area contributed by atoms with Crippen molar-refractivity contribution in [2.45, 2.75) is 59.3 Å². The second-order valence-corrected chi connectivity index (χ2v) is 7.56. The van der Waals surface area contributed by atoms with Crippen LogP contribution < -0.4 is 10.1 Å². The molecule has 0 heterocycles. The Morgan fingerprint density at radius 1 is 1.07 bits per heavy atom. The molecule has 0 aliphatic rings. The van der Waals surface area contributed by atoms with E-state index in [9.17, 15) is 10.1 Å². The van der Waals surface area contributed by atoms with E-state index < -0.39 is 5.09 Å². The van der Waals surface area contributed by atoms with Gasteiger partial charge in [0.25, 0.3) is 5.09 Å². The van der Waals surface area contributed by atoms with Crippen molar-refractivity contribution in [2.75, 3.05) is 33.0 Å². The first-order valence-corrected chi connectivity index (χ1v) is 10.3. The Morgan fingerprint density at radius 3 is 2.41 bits per heavy atom. The highest BCUT2D eigenvalue weighted by Gasteiger charge is 2.11. The van der Waals surface area contributed by atoms with Crippen molar-refractivity contribution in [1.82, 2.24) is 5.32 Å². The van der Waals surface area contributed by atoms with Gasteiger partial charge in [0.2, 0.25) is 0 Å². The van der Waals surface area contributed by atoms with Crippen LogP contribution in [0.2, 0.25) is 0 Å². The van der Waals surface area contributed by atoms with Gasteiger partial charge in [-0.25, -0.2) is 0 Å². The summed E-state index contributed by atoms with van der Waals surface area (Å²) in [5.41, 5.74) is 1.08. The van der Waals surface area contributed by atoms with Crippen LogP contribution in [0, 0.1) is 16.0 Å². The number of nitrogens with zero attached hydrogens (tertiary/aromatic N) is 1. The molecule has 0 aliphatic carbocycles. The van der Waals surface area contributed by atoms with Gasteiger partial charge in [0.05, 0.1) is 39.1 Å². The number of ether oxygens (including phenoxy) is 3. The van der Waals surface area contributed by atoms with Gasteiger partial charge < -0.3 is 24.4 Å². The van der Waals surface area contributed by atoms with Gasteiger partial charge >= 0.3 is 0 Å². The maximum atomic E-state index is 10.3. The van der Waals surface area contributed by atoms with E-state index in [4.69, 9.17) is 14.2 Å². The number of rotatable bonds is 17. The van der Waals surface area contributed by atoms with Crippen LogP contribution in [0.3, 0.4) is 0 Å². The highest BCUT2D eigenvalue weighted by Crippen LogP contribution is 2.16. The van der Waals surface area contributed by atoms with E-state index in [1.165, 1.54) is 0 Å². The molecule has 0 spiro atoms. The van der Waals surface area contributed by atoms with Gasteiger partial charge in [-0.1, -0.05) is 26.0 Å². The summed E-state index contributed by atoms with van der Waals surface area (Å²) in [5.74, 6) is 1.05. The van der Waals surface area contributed by atoms with Crippen molar-refractivity contribution >= 4 is 0 Å². The summed E-state index contributed by atoms with van der Waals surface area (Å²) in [6.07, 6.45) is 1.62. The van der Waals surface area contributed by atoms with Gasteiger partial charge in [0.15, 0.2) is 0 Å². The van der Waals surface area contributed by atoms with Crippen LogP contribution in [0.4, 0.5) is 0 Å². The number of hydrogen-bond acceptors (Lipinski definition) is 7. The monoisotopic (exact) mass is 412 g/mol. The SMILES string of the molecule is CC(C)NCC(CCCO[N+](=O)[O-])COc1ccc(COCCOC(C)C)cc1. The molecular formula is C21H36N2O6. The van der Waals surface area contributed by atoms with Crippen molar-refractivity contribution in [3.05, 3.63) is 39.9 Å². The van der Waals surface area contributed by atoms with E-state index >= 15 is 0 Å². The fourth-order valence-corrected chi connectivity index (χ4v) is 2.59. The minimum atomic E-state index is -0.750. The van der Waals surface area contributed by atoms with E-state index in [0.717, 1.165) is 24.3 Å². The highest BCUT2D eigenvalue weighted by molar-refractivity contribution is 5.26. The predicted octanol–water partition coefficient (Wildman–Crippen LogP) is 3.61. The van der Waals surface area contributed by atoms with Crippen molar-refractivity contribution in [1.29, 1.82) is 0 Å². The smallest absolute Gasteiger partial charge is 0.294 e. The van der Waals surface area contributed by atoms with E-state index in [2.05, 4.69) is 24.0 Å². The molecule has 1 N–H and O–H groups in total. The maximum absolute atomic E-state index is 10.3. The van der Waals surface area contributed by atoms with Gasteiger partial charge in [-0.3, -0.25) is 0 Å². The Bertz CT molecular complexity index is 551. The molecule has 0 saturated heterocycles. The van der Waals surface area contributed by atoms with Gasteiger partial charge in [0, 0.05) is 18.5 Å². The lowest BCUT2D eigenvalue weighted by molar-refractivity contribution is -0.757.